The number of furan rings is 1. The van der Waals surface area contributed by atoms with E-state index in [1.165, 1.54) is 0 Å². The molecule has 0 aliphatic rings. The molecule has 0 atom stereocenters. The van der Waals surface area contributed by atoms with Crippen LogP contribution in [0.1, 0.15) is 0 Å². The van der Waals surface area contributed by atoms with Crippen molar-refractivity contribution in [1.29, 1.82) is 0 Å². The molecule has 0 saturated heterocycles. The van der Waals surface area contributed by atoms with E-state index in [1.807, 2.05) is 54.7 Å². The minimum absolute atomic E-state index is 0.896. The van der Waals surface area contributed by atoms with Gasteiger partial charge in [-0.15, -0.1) is 0 Å². The molecule has 4 nitrogen and oxygen atoms in total. The zero-order valence-corrected chi connectivity index (χ0v) is 20.9. The van der Waals surface area contributed by atoms with Gasteiger partial charge in [-0.2, -0.15) is 0 Å². The lowest BCUT2D eigenvalue weighted by molar-refractivity contribution is 0.673. The number of aromatic nitrogens is 3. The second-order valence-corrected chi connectivity index (χ2v) is 9.67. The van der Waals surface area contributed by atoms with E-state index in [2.05, 4.69) is 71.7 Å². The maximum Gasteiger partial charge on any atom is 0.144 e. The summed E-state index contributed by atoms with van der Waals surface area (Å²) in [6, 6.07) is 39.4. The van der Waals surface area contributed by atoms with Crippen LogP contribution in [-0.4, -0.2) is 15.0 Å². The Bertz CT molecular complexity index is 2160. The normalized spacial score (nSPS) is 11.6. The average molecular weight is 500 g/mol. The van der Waals surface area contributed by atoms with Crippen LogP contribution in [0.4, 0.5) is 0 Å². The van der Waals surface area contributed by atoms with E-state index in [4.69, 9.17) is 14.4 Å². The van der Waals surface area contributed by atoms with E-state index in [1.54, 1.807) is 6.20 Å². The van der Waals surface area contributed by atoms with Crippen LogP contribution in [0.25, 0.3) is 77.4 Å². The van der Waals surface area contributed by atoms with E-state index in [0.717, 1.165) is 77.4 Å². The first-order valence-corrected chi connectivity index (χ1v) is 12.9. The molecule has 0 saturated carbocycles. The van der Waals surface area contributed by atoms with Gasteiger partial charge in [-0.05, 0) is 42.5 Å². The molecule has 0 N–H and O–H groups in total. The van der Waals surface area contributed by atoms with Gasteiger partial charge in [0.25, 0.3) is 0 Å². The number of rotatable bonds is 3. The highest BCUT2D eigenvalue weighted by atomic mass is 16.3. The molecule has 182 valence electrons. The van der Waals surface area contributed by atoms with Crippen LogP contribution in [0.3, 0.4) is 0 Å². The Morgan fingerprint density at radius 3 is 2.08 bits per heavy atom. The van der Waals surface area contributed by atoms with Gasteiger partial charge < -0.3 is 4.42 Å². The fourth-order valence-corrected chi connectivity index (χ4v) is 5.51. The number of para-hydroxylation sites is 2. The van der Waals surface area contributed by atoms with E-state index in [-0.39, 0.29) is 0 Å². The molecule has 0 fully saturated rings. The summed E-state index contributed by atoms with van der Waals surface area (Å²) in [7, 11) is 0. The van der Waals surface area contributed by atoms with Crippen molar-refractivity contribution in [1.82, 2.24) is 15.0 Å². The van der Waals surface area contributed by atoms with Crippen molar-refractivity contribution in [2.24, 2.45) is 0 Å². The molecule has 0 unspecified atom stereocenters. The summed E-state index contributed by atoms with van der Waals surface area (Å²) in [4.78, 5) is 14.3. The lowest BCUT2D eigenvalue weighted by Gasteiger charge is -2.11. The van der Waals surface area contributed by atoms with Gasteiger partial charge >= 0.3 is 0 Å². The van der Waals surface area contributed by atoms with Gasteiger partial charge in [-0.3, -0.25) is 4.98 Å². The number of nitrogens with zero attached hydrogens (tertiary/aromatic N) is 3. The number of fused-ring (bicyclic) bond motifs is 7. The zero-order valence-electron chi connectivity index (χ0n) is 20.9. The third kappa shape index (κ3) is 3.50. The molecular formula is C35H21N3O. The van der Waals surface area contributed by atoms with E-state index in [9.17, 15) is 0 Å². The van der Waals surface area contributed by atoms with Gasteiger partial charge in [0.2, 0.25) is 0 Å². The lowest BCUT2D eigenvalue weighted by atomic mass is 9.97. The maximum absolute atomic E-state index is 6.45. The minimum Gasteiger partial charge on any atom is -0.455 e. The van der Waals surface area contributed by atoms with Gasteiger partial charge in [0.1, 0.15) is 11.2 Å². The molecule has 0 radical (unpaired) electrons. The first-order valence-electron chi connectivity index (χ1n) is 12.9. The van der Waals surface area contributed by atoms with E-state index >= 15 is 0 Å². The Hall–Kier alpha value is -5.35. The van der Waals surface area contributed by atoms with Gasteiger partial charge in [0.15, 0.2) is 0 Å². The van der Waals surface area contributed by atoms with Crippen LogP contribution in [-0.2, 0) is 0 Å². The Kier molecular flexibility index (Phi) is 4.79. The lowest BCUT2D eigenvalue weighted by Crippen LogP contribution is -1.91. The van der Waals surface area contributed by atoms with Crippen molar-refractivity contribution in [2.75, 3.05) is 0 Å². The van der Waals surface area contributed by atoms with Crippen LogP contribution in [0, 0.1) is 0 Å². The quantitative estimate of drug-likeness (QED) is 0.228. The first-order chi connectivity index (χ1) is 19.3. The highest BCUT2D eigenvalue weighted by molar-refractivity contribution is 6.24. The second kappa shape index (κ2) is 8.61. The number of pyridine rings is 3. The number of benzene rings is 4. The fourth-order valence-electron chi connectivity index (χ4n) is 5.51. The molecule has 4 heterocycles. The molecule has 4 aromatic carbocycles. The van der Waals surface area contributed by atoms with Crippen LogP contribution >= 0.6 is 0 Å². The Labute approximate surface area is 224 Å². The summed E-state index contributed by atoms with van der Waals surface area (Å²) in [5.74, 6) is 0. The van der Waals surface area contributed by atoms with Crippen LogP contribution in [0.15, 0.2) is 132 Å². The standard InChI is InChI=1S/C35H21N3O/c1-3-10-31-27(9-1)33-28(19-18-26-25-8-2-4-13-32(25)39-35(26)33)34(38-31)23-16-14-22(15-17-23)29-11-5-12-30(37-29)24-7-6-20-36-21-24/h1-21H. The van der Waals surface area contributed by atoms with E-state index < -0.39 is 0 Å². The van der Waals surface area contributed by atoms with Crippen molar-refractivity contribution >= 4 is 43.6 Å². The predicted molar refractivity (Wildman–Crippen MR) is 158 cm³/mol. The fraction of sp³-hybridized carbons (Fsp3) is 0. The summed E-state index contributed by atoms with van der Waals surface area (Å²) in [6.07, 6.45) is 3.61. The summed E-state index contributed by atoms with van der Waals surface area (Å²) >= 11 is 0. The highest BCUT2D eigenvalue weighted by Gasteiger charge is 2.17. The SMILES string of the molecule is c1cncc(-c2cccc(-c3ccc(-c4nc5ccccc5c5c4ccc4c6ccccc6oc45)cc3)n2)c1. The monoisotopic (exact) mass is 499 g/mol. The summed E-state index contributed by atoms with van der Waals surface area (Å²) in [5, 5.41) is 5.51. The van der Waals surface area contributed by atoms with Crippen molar-refractivity contribution < 1.29 is 4.42 Å². The summed E-state index contributed by atoms with van der Waals surface area (Å²) in [6.45, 7) is 0. The molecule has 0 bridgehead atoms. The van der Waals surface area contributed by atoms with Crippen LogP contribution < -0.4 is 0 Å². The summed E-state index contributed by atoms with van der Waals surface area (Å²) in [5.41, 5.74) is 8.61. The van der Waals surface area contributed by atoms with E-state index in [0.29, 0.717) is 0 Å². The van der Waals surface area contributed by atoms with Crippen LogP contribution in [0.5, 0.6) is 0 Å². The maximum atomic E-state index is 6.45. The minimum atomic E-state index is 0.896. The molecule has 0 spiro atoms. The molecule has 0 amide bonds. The van der Waals surface area contributed by atoms with Gasteiger partial charge in [0.05, 0.1) is 22.6 Å². The molecule has 0 aliphatic carbocycles. The molecule has 4 heteroatoms. The third-order valence-electron chi connectivity index (χ3n) is 7.37. The Balaban J connectivity index is 1.30. The third-order valence-corrected chi connectivity index (χ3v) is 7.37. The molecule has 0 aliphatic heterocycles. The molecular weight excluding hydrogens is 478 g/mol. The predicted octanol–water partition coefficient (Wildman–Crippen LogP) is 9.08. The number of hydrogen-bond acceptors (Lipinski definition) is 4. The van der Waals surface area contributed by atoms with Crippen molar-refractivity contribution in [3.63, 3.8) is 0 Å². The number of hydrogen-bond donors (Lipinski definition) is 0. The van der Waals surface area contributed by atoms with Crippen molar-refractivity contribution in [2.45, 2.75) is 0 Å². The van der Waals surface area contributed by atoms with Crippen LogP contribution in [0.2, 0.25) is 0 Å². The van der Waals surface area contributed by atoms with Gasteiger partial charge in [-0.25, -0.2) is 9.97 Å². The Morgan fingerprint density at radius 2 is 1.23 bits per heavy atom. The largest absolute Gasteiger partial charge is 0.455 e. The molecule has 4 aromatic heterocycles. The smallest absolute Gasteiger partial charge is 0.144 e. The first kappa shape index (κ1) is 21.7. The highest BCUT2D eigenvalue weighted by Crippen LogP contribution is 2.40. The van der Waals surface area contributed by atoms with Gasteiger partial charge in [0, 0.05) is 56.0 Å². The van der Waals surface area contributed by atoms with Gasteiger partial charge in [-0.1, -0.05) is 72.8 Å². The van der Waals surface area contributed by atoms with Crippen molar-refractivity contribution in [3.8, 4) is 33.8 Å². The zero-order chi connectivity index (χ0) is 25.8. The topological polar surface area (TPSA) is 51.8 Å². The average Bonchev–Trinajstić information content (AvgIpc) is 3.40. The second-order valence-electron chi connectivity index (χ2n) is 9.67. The molecule has 8 aromatic rings. The molecule has 39 heavy (non-hydrogen) atoms. The summed E-state index contributed by atoms with van der Waals surface area (Å²) < 4.78 is 6.45. The molecule has 8 rings (SSSR count). The Morgan fingerprint density at radius 1 is 0.487 bits per heavy atom. The van der Waals surface area contributed by atoms with Crippen molar-refractivity contribution in [3.05, 3.63) is 128 Å².